The average molecular weight is 904 g/mol. The van der Waals surface area contributed by atoms with Crippen molar-refractivity contribution < 1.29 is 38.4 Å². The van der Waals surface area contributed by atoms with E-state index in [1.54, 1.807) is 56.6 Å². The van der Waals surface area contributed by atoms with Crippen molar-refractivity contribution in [2.45, 2.75) is 75.7 Å². The van der Waals surface area contributed by atoms with Gasteiger partial charge in [-0.05, 0) is 112 Å². The second kappa shape index (κ2) is 22.4. The summed E-state index contributed by atoms with van der Waals surface area (Å²) < 4.78 is 28.8. The largest absolute Gasteiger partial charge is 0.493 e. The quantitative estimate of drug-likeness (QED) is 0.124. The van der Waals surface area contributed by atoms with Crippen molar-refractivity contribution in [2.75, 3.05) is 83.6 Å². The number of likely N-dealkylation sites (tertiary alicyclic amines) is 2. The van der Waals surface area contributed by atoms with Gasteiger partial charge in [-0.3, -0.25) is 29.2 Å². The number of rotatable bonds is 15. The van der Waals surface area contributed by atoms with E-state index in [0.717, 1.165) is 56.1 Å². The number of anilines is 2. The van der Waals surface area contributed by atoms with E-state index >= 15 is 0 Å². The Bertz CT molecular complexity index is 2150. The number of ether oxygens (including phenoxy) is 5. The van der Waals surface area contributed by atoms with Crippen LogP contribution in [0, 0.1) is 0 Å². The van der Waals surface area contributed by atoms with Crippen LogP contribution in [-0.2, 0) is 14.3 Å². The Kier molecular flexibility index (Phi) is 16.5. The highest BCUT2D eigenvalue weighted by Crippen LogP contribution is 2.42. The van der Waals surface area contributed by atoms with E-state index in [0.29, 0.717) is 64.8 Å². The zero-order valence-corrected chi connectivity index (χ0v) is 38.1. The molecule has 0 saturated carbocycles. The number of amides is 2. The molecule has 4 heterocycles. The number of methoxy groups -OCH3 is 3. The van der Waals surface area contributed by atoms with E-state index in [4.69, 9.17) is 46.9 Å². The number of carbonyl (C=O) groups is 2. The van der Waals surface area contributed by atoms with Crippen molar-refractivity contribution in [3.63, 3.8) is 0 Å². The molecule has 4 unspecified atom stereocenters. The Morgan fingerprint density at radius 1 is 0.571 bits per heavy atom. The fourth-order valence-corrected chi connectivity index (χ4v) is 9.44. The molecular formula is C49H60Cl2N4O8. The van der Waals surface area contributed by atoms with Crippen LogP contribution in [0.5, 0.6) is 23.0 Å². The minimum atomic E-state index is -0.911. The van der Waals surface area contributed by atoms with Gasteiger partial charge in [-0.1, -0.05) is 60.3 Å². The Hall–Kier alpha value is -4.56. The molecule has 4 atom stereocenters. The minimum absolute atomic E-state index is 0.0106. The van der Waals surface area contributed by atoms with Crippen LogP contribution >= 0.6 is 23.2 Å². The monoisotopic (exact) mass is 902 g/mol. The second-order valence-corrected chi connectivity index (χ2v) is 17.3. The molecule has 0 aromatic heterocycles. The Morgan fingerprint density at radius 2 is 1.03 bits per heavy atom. The summed E-state index contributed by atoms with van der Waals surface area (Å²) in [6.07, 6.45) is 7.20. The summed E-state index contributed by atoms with van der Waals surface area (Å²) in [7, 11) is 4.85. The predicted molar refractivity (Wildman–Crippen MR) is 247 cm³/mol. The van der Waals surface area contributed by atoms with E-state index in [9.17, 15) is 14.7 Å². The number of carbonyl (C=O) groups excluding carboxylic acids is 2. The molecule has 4 aromatic rings. The Morgan fingerprint density at radius 3 is 1.49 bits per heavy atom. The molecule has 12 nitrogen and oxygen atoms in total. The van der Waals surface area contributed by atoms with Gasteiger partial charge in [0, 0.05) is 55.2 Å². The lowest BCUT2D eigenvalue weighted by Crippen LogP contribution is -2.35. The maximum absolute atomic E-state index is 13.4. The van der Waals surface area contributed by atoms with Crippen molar-refractivity contribution >= 4 is 46.4 Å². The minimum Gasteiger partial charge on any atom is -0.493 e. The maximum Gasteiger partial charge on any atom is 0.236 e. The van der Waals surface area contributed by atoms with E-state index in [1.807, 2.05) is 54.6 Å². The van der Waals surface area contributed by atoms with Gasteiger partial charge in [0.05, 0.1) is 37.4 Å². The van der Waals surface area contributed by atoms with Gasteiger partial charge >= 0.3 is 0 Å². The molecule has 4 aromatic carbocycles. The fourth-order valence-electron chi connectivity index (χ4n) is 9.04. The summed E-state index contributed by atoms with van der Waals surface area (Å²) in [6, 6.07) is 25.6. The van der Waals surface area contributed by atoms with E-state index in [2.05, 4.69) is 9.80 Å². The van der Waals surface area contributed by atoms with Crippen LogP contribution in [0.4, 0.5) is 11.4 Å². The predicted octanol–water partition coefficient (Wildman–Crippen LogP) is 8.76. The van der Waals surface area contributed by atoms with Gasteiger partial charge < -0.3 is 28.8 Å². The Balaban J connectivity index is 0.000000189. The normalized spacial score (nSPS) is 21.9. The number of aliphatic hydroxyl groups excluding tert-OH is 1. The van der Waals surface area contributed by atoms with Gasteiger partial charge in [-0.25, -0.2) is 0 Å². The lowest BCUT2D eigenvalue weighted by atomic mass is 9.97. The van der Waals surface area contributed by atoms with Gasteiger partial charge in [-0.2, -0.15) is 0 Å². The molecule has 63 heavy (non-hydrogen) atoms. The number of benzene rings is 4. The zero-order valence-electron chi connectivity index (χ0n) is 36.6. The first-order valence-electron chi connectivity index (χ1n) is 22.1. The smallest absolute Gasteiger partial charge is 0.236 e. The van der Waals surface area contributed by atoms with Crippen molar-refractivity contribution in [2.24, 2.45) is 0 Å². The summed E-state index contributed by atoms with van der Waals surface area (Å²) in [5, 5.41) is 11.9. The molecule has 4 fully saturated rings. The molecule has 8 rings (SSSR count). The maximum atomic E-state index is 13.4. The first-order valence-corrected chi connectivity index (χ1v) is 22.9. The number of hydrogen-bond acceptors (Lipinski definition) is 10. The standard InChI is InChI=1S/C25H31ClN2O4.C24H29ClN2O4/c1-30-22-10-9-20(16-23(22)32-14-13-27-11-4-3-5-12-27)28-24(31-2)17-21(25(28)29)18-7-6-8-19(26)15-18;1-30-21-9-8-19(15-22(21)31-13-12-26-10-3-2-4-11-26)27-23(28)16-20(24(27)29)17-6-5-7-18(25)14-17/h6-10,15-16,21,24H,3-5,11-14,17H2,1-2H3;5-9,14-15,20,23,28H,2-4,10-13,16H2,1H3. The van der Waals surface area contributed by atoms with Crippen LogP contribution in [0.25, 0.3) is 0 Å². The van der Waals surface area contributed by atoms with Crippen LogP contribution in [0.2, 0.25) is 10.0 Å². The molecule has 0 radical (unpaired) electrons. The van der Waals surface area contributed by atoms with Crippen LogP contribution in [0.1, 0.15) is 74.3 Å². The zero-order chi connectivity index (χ0) is 44.3. The molecular weight excluding hydrogens is 843 g/mol. The van der Waals surface area contributed by atoms with E-state index < -0.39 is 12.1 Å². The summed E-state index contributed by atoms with van der Waals surface area (Å²) in [6.45, 7) is 7.34. The SMILES string of the molecule is COc1ccc(N2C(=O)C(c3cccc(Cl)c3)CC2O)cc1OCCN1CCCCC1.COc1ccc(N2C(=O)C(c3cccc(Cl)c3)CC2OC)cc1OCCN1CCCCC1. The third-order valence-corrected chi connectivity index (χ3v) is 12.9. The number of nitrogens with zero attached hydrogens (tertiary/aromatic N) is 4. The van der Waals surface area contributed by atoms with Crippen molar-refractivity contribution in [1.29, 1.82) is 0 Å². The second-order valence-electron chi connectivity index (χ2n) is 16.4. The third-order valence-electron chi connectivity index (χ3n) is 12.4. The van der Waals surface area contributed by atoms with Crippen LogP contribution < -0.4 is 28.7 Å². The van der Waals surface area contributed by atoms with Gasteiger partial charge in [0.25, 0.3) is 0 Å². The van der Waals surface area contributed by atoms with Gasteiger partial charge in [-0.15, -0.1) is 0 Å². The number of halogens is 2. The van der Waals surface area contributed by atoms with Crippen molar-refractivity contribution in [3.8, 4) is 23.0 Å². The highest BCUT2D eigenvalue weighted by Gasteiger charge is 2.42. The van der Waals surface area contributed by atoms with E-state index in [-0.39, 0.29) is 24.0 Å². The molecule has 4 aliphatic heterocycles. The lowest BCUT2D eigenvalue weighted by molar-refractivity contribution is -0.119. The number of piperidine rings is 2. The van der Waals surface area contributed by atoms with Crippen molar-refractivity contribution in [1.82, 2.24) is 9.80 Å². The number of aliphatic hydroxyl groups is 1. The van der Waals surface area contributed by atoms with Crippen LogP contribution in [0.15, 0.2) is 84.9 Å². The van der Waals surface area contributed by atoms with Crippen LogP contribution in [0.3, 0.4) is 0 Å². The molecule has 0 spiro atoms. The average Bonchev–Trinajstić information content (AvgIpc) is 3.81. The molecule has 14 heteroatoms. The summed E-state index contributed by atoms with van der Waals surface area (Å²) in [5.74, 6) is 1.57. The molecule has 0 aliphatic carbocycles. The Labute approximate surface area is 381 Å². The van der Waals surface area contributed by atoms with Gasteiger partial charge in [0.1, 0.15) is 25.7 Å². The molecule has 0 bridgehead atoms. The highest BCUT2D eigenvalue weighted by molar-refractivity contribution is 6.31. The third kappa shape index (κ3) is 11.6. The summed E-state index contributed by atoms with van der Waals surface area (Å²) in [5.41, 5.74) is 3.04. The number of hydrogen-bond donors (Lipinski definition) is 1. The summed E-state index contributed by atoms with van der Waals surface area (Å²) in [4.78, 5) is 34.5. The molecule has 338 valence electrons. The first-order chi connectivity index (χ1) is 30.7. The van der Waals surface area contributed by atoms with Gasteiger partial charge in [0.2, 0.25) is 11.8 Å². The van der Waals surface area contributed by atoms with Crippen LogP contribution in [-0.4, -0.2) is 113 Å². The topological polar surface area (TPSA) is 113 Å². The van der Waals surface area contributed by atoms with Gasteiger partial charge in [0.15, 0.2) is 23.0 Å². The molecule has 1 N–H and O–H groups in total. The fraction of sp³-hybridized carbons (Fsp3) is 0.469. The first kappa shape index (κ1) is 46.4. The summed E-state index contributed by atoms with van der Waals surface area (Å²) >= 11 is 12.3. The highest BCUT2D eigenvalue weighted by atomic mass is 35.5. The lowest BCUT2D eigenvalue weighted by Gasteiger charge is -2.27. The van der Waals surface area contributed by atoms with Crippen molar-refractivity contribution in [3.05, 3.63) is 106 Å². The molecule has 4 saturated heterocycles. The van der Waals surface area contributed by atoms with E-state index in [1.165, 1.54) is 43.4 Å². The molecule has 2 amide bonds. The molecule has 4 aliphatic rings.